The topological polar surface area (TPSA) is 95.8 Å². The highest BCUT2D eigenvalue weighted by atomic mass is 32.2. The molecule has 170 valence electrons. The summed E-state index contributed by atoms with van der Waals surface area (Å²) in [4.78, 5) is 15.1. The van der Waals surface area contributed by atoms with Gasteiger partial charge in [-0.2, -0.15) is 4.31 Å². The van der Waals surface area contributed by atoms with Gasteiger partial charge >= 0.3 is 0 Å². The molecule has 2 aromatic rings. The van der Waals surface area contributed by atoms with Gasteiger partial charge < -0.3 is 14.7 Å². The molecule has 2 unspecified atom stereocenters. The van der Waals surface area contributed by atoms with Crippen LogP contribution in [-0.2, 0) is 21.2 Å². The van der Waals surface area contributed by atoms with E-state index in [1.54, 1.807) is 13.8 Å². The van der Waals surface area contributed by atoms with Gasteiger partial charge in [-0.3, -0.25) is 4.79 Å². The molecule has 2 atom stereocenters. The maximum atomic E-state index is 13.1. The minimum Gasteiger partial charge on any atom is -0.360 e. The fourth-order valence-electron chi connectivity index (χ4n) is 4.03. The maximum Gasteiger partial charge on any atom is 0.248 e. The Bertz CT molecular complexity index is 969. The van der Waals surface area contributed by atoms with Gasteiger partial charge in [0.05, 0.1) is 5.92 Å². The highest BCUT2D eigenvalue weighted by Crippen LogP contribution is 2.27. The molecule has 31 heavy (non-hydrogen) atoms. The zero-order chi connectivity index (χ0) is 22.6. The molecule has 2 heterocycles. The number of likely N-dealkylation sites (N-methyl/N-ethyl adjacent to an activating group) is 1. The van der Waals surface area contributed by atoms with Crippen LogP contribution < -0.4 is 5.32 Å². The van der Waals surface area contributed by atoms with Crippen molar-refractivity contribution in [3.63, 3.8) is 0 Å². The van der Waals surface area contributed by atoms with Crippen molar-refractivity contribution in [3.05, 3.63) is 47.3 Å². The van der Waals surface area contributed by atoms with Gasteiger partial charge in [-0.05, 0) is 52.8 Å². The van der Waals surface area contributed by atoms with E-state index in [4.69, 9.17) is 4.52 Å². The SMILES string of the molecule is Cc1noc(C)c1S(=O)(=O)N1CCCC(C(=O)NCC(Cc2ccccc2)N(C)C)C1. The average molecular weight is 449 g/mol. The summed E-state index contributed by atoms with van der Waals surface area (Å²) < 4.78 is 32.6. The third kappa shape index (κ3) is 5.53. The van der Waals surface area contributed by atoms with Crippen molar-refractivity contribution < 1.29 is 17.7 Å². The molecule has 1 amide bonds. The first-order chi connectivity index (χ1) is 14.7. The molecule has 1 aromatic heterocycles. The number of benzene rings is 1. The summed E-state index contributed by atoms with van der Waals surface area (Å²) in [6.45, 7) is 4.28. The van der Waals surface area contributed by atoms with E-state index in [9.17, 15) is 13.2 Å². The van der Waals surface area contributed by atoms with Crippen LogP contribution in [-0.4, -0.2) is 68.5 Å². The molecule has 9 heteroatoms. The van der Waals surface area contributed by atoms with Crippen molar-refractivity contribution in [3.8, 4) is 0 Å². The van der Waals surface area contributed by atoms with Crippen LogP contribution in [0.3, 0.4) is 0 Å². The van der Waals surface area contributed by atoms with E-state index < -0.39 is 10.0 Å². The second kappa shape index (κ2) is 9.93. The van der Waals surface area contributed by atoms with Crippen LogP contribution >= 0.6 is 0 Å². The van der Waals surface area contributed by atoms with E-state index in [1.165, 1.54) is 9.87 Å². The van der Waals surface area contributed by atoms with Crippen molar-refractivity contribution in [1.82, 2.24) is 19.7 Å². The number of hydrogen-bond acceptors (Lipinski definition) is 6. The number of aromatic nitrogens is 1. The van der Waals surface area contributed by atoms with E-state index in [0.717, 1.165) is 6.42 Å². The predicted molar refractivity (Wildman–Crippen MR) is 118 cm³/mol. The Labute approximate surface area is 184 Å². The standard InChI is InChI=1S/C22H32N4O4S/c1-16-21(17(2)30-24-16)31(28,29)26-12-8-11-19(15-26)22(27)23-14-20(25(3)4)13-18-9-6-5-7-10-18/h5-7,9-10,19-20H,8,11-15H2,1-4H3,(H,23,27). The number of carbonyl (C=O) groups excluding carboxylic acids is 1. The first-order valence-electron chi connectivity index (χ1n) is 10.6. The first kappa shape index (κ1) is 23.4. The summed E-state index contributed by atoms with van der Waals surface area (Å²) >= 11 is 0. The zero-order valence-corrected chi connectivity index (χ0v) is 19.5. The van der Waals surface area contributed by atoms with Crippen LogP contribution in [0.2, 0.25) is 0 Å². The minimum absolute atomic E-state index is 0.0985. The van der Waals surface area contributed by atoms with Gasteiger partial charge in [0.15, 0.2) is 5.76 Å². The van der Waals surface area contributed by atoms with Gasteiger partial charge in [0.25, 0.3) is 0 Å². The number of aryl methyl sites for hydroxylation is 2. The Morgan fingerprint density at radius 3 is 2.61 bits per heavy atom. The number of nitrogens with one attached hydrogen (secondary N) is 1. The molecule has 1 saturated heterocycles. The summed E-state index contributed by atoms with van der Waals surface area (Å²) in [5.74, 6) is -0.194. The van der Waals surface area contributed by atoms with Crippen LogP contribution in [0.4, 0.5) is 0 Å². The fourth-order valence-corrected chi connectivity index (χ4v) is 5.85. The molecule has 1 aromatic carbocycles. The lowest BCUT2D eigenvalue weighted by Crippen LogP contribution is -2.48. The van der Waals surface area contributed by atoms with Crippen LogP contribution in [0.15, 0.2) is 39.8 Å². The Balaban J connectivity index is 1.62. The molecule has 8 nitrogen and oxygen atoms in total. The Hall–Kier alpha value is -2.23. The van der Waals surface area contributed by atoms with E-state index in [2.05, 4.69) is 27.5 Å². The van der Waals surface area contributed by atoms with Crippen LogP contribution in [0.25, 0.3) is 0 Å². The summed E-state index contributed by atoms with van der Waals surface area (Å²) in [6.07, 6.45) is 2.14. The molecule has 1 aliphatic rings. The molecule has 3 rings (SSSR count). The molecule has 1 N–H and O–H groups in total. The Morgan fingerprint density at radius 1 is 1.29 bits per heavy atom. The van der Waals surface area contributed by atoms with Crippen molar-refractivity contribution in [2.45, 2.75) is 44.0 Å². The lowest BCUT2D eigenvalue weighted by molar-refractivity contribution is -0.126. The van der Waals surface area contributed by atoms with Gasteiger partial charge in [0.2, 0.25) is 15.9 Å². The summed E-state index contributed by atoms with van der Waals surface area (Å²) in [6, 6.07) is 10.3. The molecule has 0 saturated carbocycles. The second-order valence-electron chi connectivity index (χ2n) is 8.41. The van der Waals surface area contributed by atoms with Gasteiger partial charge in [-0.25, -0.2) is 8.42 Å². The molecule has 1 fully saturated rings. The number of amides is 1. The maximum absolute atomic E-state index is 13.1. The highest BCUT2D eigenvalue weighted by molar-refractivity contribution is 7.89. The molecular weight excluding hydrogens is 416 g/mol. The number of carbonyl (C=O) groups is 1. The van der Waals surface area contributed by atoms with Crippen molar-refractivity contribution in [1.29, 1.82) is 0 Å². The molecule has 0 radical (unpaired) electrons. The van der Waals surface area contributed by atoms with Crippen LogP contribution in [0.1, 0.15) is 29.9 Å². The van der Waals surface area contributed by atoms with Gasteiger partial charge in [-0.1, -0.05) is 35.5 Å². The summed E-state index contributed by atoms with van der Waals surface area (Å²) in [5.41, 5.74) is 1.56. The normalized spacial score (nSPS) is 18.8. The fraction of sp³-hybridized carbons (Fsp3) is 0.545. The number of nitrogens with zero attached hydrogens (tertiary/aromatic N) is 3. The smallest absolute Gasteiger partial charge is 0.248 e. The Morgan fingerprint density at radius 2 is 2.00 bits per heavy atom. The second-order valence-corrected chi connectivity index (χ2v) is 10.3. The lowest BCUT2D eigenvalue weighted by Gasteiger charge is -2.32. The van der Waals surface area contributed by atoms with Crippen molar-refractivity contribution in [2.75, 3.05) is 33.7 Å². The average Bonchev–Trinajstić information content (AvgIpc) is 3.10. The lowest BCUT2D eigenvalue weighted by atomic mass is 9.98. The third-order valence-corrected chi connectivity index (χ3v) is 7.99. The molecule has 0 spiro atoms. The number of rotatable bonds is 8. The van der Waals surface area contributed by atoms with Crippen molar-refractivity contribution in [2.24, 2.45) is 5.92 Å². The Kier molecular flexibility index (Phi) is 7.51. The molecule has 1 aliphatic heterocycles. The summed E-state index contributed by atoms with van der Waals surface area (Å²) in [7, 11) is 0.254. The predicted octanol–water partition coefficient (Wildman–Crippen LogP) is 1.98. The summed E-state index contributed by atoms with van der Waals surface area (Å²) in [5, 5.41) is 6.82. The van der Waals surface area contributed by atoms with E-state index in [0.29, 0.717) is 31.6 Å². The van der Waals surface area contributed by atoms with E-state index in [1.807, 2.05) is 32.3 Å². The van der Waals surface area contributed by atoms with Gasteiger partial charge in [0, 0.05) is 25.7 Å². The van der Waals surface area contributed by atoms with Crippen LogP contribution in [0, 0.1) is 19.8 Å². The zero-order valence-electron chi connectivity index (χ0n) is 18.7. The third-order valence-electron chi connectivity index (χ3n) is 5.88. The monoisotopic (exact) mass is 448 g/mol. The molecule has 0 bridgehead atoms. The number of piperidine rings is 1. The minimum atomic E-state index is -3.74. The van der Waals surface area contributed by atoms with E-state index in [-0.39, 0.29) is 35.1 Å². The molecular formula is C22H32N4O4S. The van der Waals surface area contributed by atoms with Crippen LogP contribution in [0.5, 0.6) is 0 Å². The number of sulfonamides is 1. The number of hydrogen-bond donors (Lipinski definition) is 1. The quantitative estimate of drug-likeness (QED) is 0.663. The van der Waals surface area contributed by atoms with Crippen molar-refractivity contribution >= 4 is 15.9 Å². The van der Waals surface area contributed by atoms with Gasteiger partial charge in [0.1, 0.15) is 10.6 Å². The first-order valence-corrected chi connectivity index (χ1v) is 12.0. The largest absolute Gasteiger partial charge is 0.360 e. The van der Waals surface area contributed by atoms with E-state index >= 15 is 0 Å². The molecule has 0 aliphatic carbocycles. The highest BCUT2D eigenvalue weighted by Gasteiger charge is 2.36. The van der Waals surface area contributed by atoms with Gasteiger partial charge in [-0.15, -0.1) is 0 Å².